The minimum Gasteiger partial charge on any atom is -0.496 e. The van der Waals surface area contributed by atoms with Crippen LogP contribution >= 0.6 is 0 Å². The summed E-state index contributed by atoms with van der Waals surface area (Å²) in [6, 6.07) is 7.20. The topological polar surface area (TPSA) is 85.4 Å². The molecular formula is C19H24N2O6. The zero-order valence-corrected chi connectivity index (χ0v) is 15.6. The Kier molecular flexibility index (Phi) is 7.81. The largest absolute Gasteiger partial charge is 0.496 e. The van der Waals surface area contributed by atoms with E-state index in [1.807, 2.05) is 12.1 Å². The molecule has 8 heteroatoms. The number of methoxy groups -OCH3 is 1. The number of carbonyl (C=O) groups excluding carboxylic acids is 3. The molecule has 1 heterocycles. The van der Waals surface area contributed by atoms with E-state index in [4.69, 9.17) is 14.2 Å². The van der Waals surface area contributed by atoms with Gasteiger partial charge in [0.15, 0.2) is 6.61 Å². The summed E-state index contributed by atoms with van der Waals surface area (Å²) in [5.74, 6) is -0.631. The second-order valence-corrected chi connectivity index (χ2v) is 5.93. The molecule has 1 saturated heterocycles. The molecule has 8 nitrogen and oxygen atoms in total. The zero-order valence-electron chi connectivity index (χ0n) is 15.6. The lowest BCUT2D eigenvalue weighted by Gasteiger charge is -2.28. The number of amides is 2. The van der Waals surface area contributed by atoms with Crippen LogP contribution in [-0.4, -0.2) is 81.2 Å². The normalized spacial score (nSPS) is 14.1. The third-order valence-corrected chi connectivity index (χ3v) is 4.04. The van der Waals surface area contributed by atoms with Crippen LogP contribution in [0.15, 0.2) is 30.3 Å². The highest BCUT2D eigenvalue weighted by molar-refractivity contribution is 5.90. The molecule has 1 fully saturated rings. The van der Waals surface area contributed by atoms with Gasteiger partial charge < -0.3 is 24.0 Å². The van der Waals surface area contributed by atoms with Crippen LogP contribution in [-0.2, 0) is 23.9 Å². The molecule has 0 aliphatic carbocycles. The van der Waals surface area contributed by atoms with Crippen molar-refractivity contribution >= 4 is 23.9 Å². The Hall–Kier alpha value is -2.87. The lowest BCUT2D eigenvalue weighted by atomic mass is 10.2. The molecule has 0 spiro atoms. The van der Waals surface area contributed by atoms with Gasteiger partial charge >= 0.3 is 5.97 Å². The summed E-state index contributed by atoms with van der Waals surface area (Å²) in [7, 11) is 3.04. The lowest BCUT2D eigenvalue weighted by Crippen LogP contribution is -2.46. The minimum absolute atomic E-state index is 0.0621. The average molecular weight is 376 g/mol. The van der Waals surface area contributed by atoms with E-state index in [1.165, 1.54) is 25.1 Å². The van der Waals surface area contributed by atoms with Crippen LogP contribution in [0.1, 0.15) is 5.56 Å². The van der Waals surface area contributed by atoms with Crippen molar-refractivity contribution in [2.75, 3.05) is 53.6 Å². The Bertz CT molecular complexity index is 697. The Labute approximate surface area is 158 Å². The number of para-hydroxylation sites is 1. The van der Waals surface area contributed by atoms with Crippen LogP contribution in [0.5, 0.6) is 5.75 Å². The molecule has 27 heavy (non-hydrogen) atoms. The second-order valence-electron chi connectivity index (χ2n) is 5.93. The predicted molar refractivity (Wildman–Crippen MR) is 98.0 cm³/mol. The molecule has 0 radical (unpaired) electrons. The van der Waals surface area contributed by atoms with E-state index < -0.39 is 18.5 Å². The van der Waals surface area contributed by atoms with Crippen molar-refractivity contribution in [3.8, 4) is 5.75 Å². The van der Waals surface area contributed by atoms with Gasteiger partial charge in [0.25, 0.3) is 5.91 Å². The zero-order chi connectivity index (χ0) is 19.6. The molecule has 1 aliphatic rings. The van der Waals surface area contributed by atoms with Gasteiger partial charge in [0, 0.05) is 31.8 Å². The number of hydrogen-bond donors (Lipinski definition) is 0. The van der Waals surface area contributed by atoms with Crippen molar-refractivity contribution in [3.05, 3.63) is 35.9 Å². The van der Waals surface area contributed by atoms with Crippen LogP contribution in [0, 0.1) is 0 Å². The highest BCUT2D eigenvalue weighted by Gasteiger charge is 2.20. The molecule has 146 valence electrons. The number of carbonyl (C=O) groups is 3. The number of morpholine rings is 1. The maximum absolute atomic E-state index is 12.1. The van der Waals surface area contributed by atoms with Gasteiger partial charge in [0.1, 0.15) is 5.75 Å². The third kappa shape index (κ3) is 6.41. The monoisotopic (exact) mass is 376 g/mol. The molecule has 0 N–H and O–H groups in total. The number of likely N-dealkylation sites (N-methyl/N-ethyl adjacent to an activating group) is 1. The SMILES string of the molecule is COc1ccccc1/C=C/C(=O)OCC(=O)N(C)CC(=O)N1CCOCC1. The Morgan fingerprint density at radius 1 is 1.22 bits per heavy atom. The standard InChI is InChI=1S/C19H24N2O6/c1-20(13-17(22)21-9-11-26-12-10-21)18(23)14-27-19(24)8-7-15-5-3-4-6-16(15)25-2/h3-8H,9-14H2,1-2H3/b8-7+. The van der Waals surface area contributed by atoms with Crippen molar-refractivity contribution in [3.63, 3.8) is 0 Å². The Morgan fingerprint density at radius 2 is 1.93 bits per heavy atom. The smallest absolute Gasteiger partial charge is 0.331 e. The summed E-state index contributed by atoms with van der Waals surface area (Å²) >= 11 is 0. The van der Waals surface area contributed by atoms with E-state index in [0.717, 1.165) is 5.56 Å². The van der Waals surface area contributed by atoms with Gasteiger partial charge in [-0.15, -0.1) is 0 Å². The maximum Gasteiger partial charge on any atom is 0.331 e. The Balaban J connectivity index is 1.77. The third-order valence-electron chi connectivity index (χ3n) is 4.04. The van der Waals surface area contributed by atoms with Crippen LogP contribution in [0.25, 0.3) is 6.08 Å². The first-order valence-electron chi connectivity index (χ1n) is 8.58. The molecule has 0 atom stereocenters. The van der Waals surface area contributed by atoms with E-state index in [0.29, 0.717) is 32.1 Å². The summed E-state index contributed by atoms with van der Waals surface area (Å²) in [4.78, 5) is 38.9. The Morgan fingerprint density at radius 3 is 2.63 bits per heavy atom. The molecule has 0 bridgehead atoms. The van der Waals surface area contributed by atoms with E-state index in [1.54, 1.807) is 23.1 Å². The summed E-state index contributed by atoms with van der Waals surface area (Å²) in [5.41, 5.74) is 0.719. The fourth-order valence-electron chi connectivity index (χ4n) is 2.46. The number of rotatable bonds is 7. The van der Waals surface area contributed by atoms with E-state index >= 15 is 0 Å². The van der Waals surface area contributed by atoms with Crippen LogP contribution in [0.3, 0.4) is 0 Å². The lowest BCUT2D eigenvalue weighted by molar-refractivity contribution is -0.149. The number of esters is 1. The van der Waals surface area contributed by atoms with E-state index in [-0.39, 0.29) is 12.5 Å². The highest BCUT2D eigenvalue weighted by atomic mass is 16.5. The van der Waals surface area contributed by atoms with E-state index in [2.05, 4.69) is 0 Å². The highest BCUT2D eigenvalue weighted by Crippen LogP contribution is 2.18. The molecule has 2 amide bonds. The van der Waals surface area contributed by atoms with Gasteiger partial charge in [0.05, 0.1) is 26.9 Å². The molecule has 0 unspecified atom stereocenters. The summed E-state index contributed by atoms with van der Waals surface area (Å²) < 4.78 is 15.3. The first kappa shape index (κ1) is 20.4. The second kappa shape index (κ2) is 10.3. The van der Waals surface area contributed by atoms with Crippen molar-refractivity contribution in [2.45, 2.75) is 0 Å². The molecule has 1 aliphatic heterocycles. The van der Waals surface area contributed by atoms with Gasteiger partial charge in [-0.1, -0.05) is 18.2 Å². The molecule has 2 rings (SSSR count). The van der Waals surface area contributed by atoms with Gasteiger partial charge in [-0.3, -0.25) is 9.59 Å². The summed E-state index contributed by atoms with van der Waals surface area (Å²) in [6.45, 7) is 1.54. The van der Waals surface area contributed by atoms with Crippen LogP contribution < -0.4 is 4.74 Å². The number of benzene rings is 1. The molecular weight excluding hydrogens is 352 g/mol. The van der Waals surface area contributed by atoms with Gasteiger partial charge in [-0.05, 0) is 12.1 Å². The molecule has 0 saturated carbocycles. The fourth-order valence-corrected chi connectivity index (χ4v) is 2.46. The van der Waals surface area contributed by atoms with Crippen LogP contribution in [0.2, 0.25) is 0 Å². The summed E-state index contributed by atoms with van der Waals surface area (Å²) in [6.07, 6.45) is 2.78. The van der Waals surface area contributed by atoms with Crippen molar-refractivity contribution < 1.29 is 28.6 Å². The van der Waals surface area contributed by atoms with Crippen molar-refractivity contribution in [1.82, 2.24) is 9.80 Å². The first-order valence-corrected chi connectivity index (χ1v) is 8.58. The van der Waals surface area contributed by atoms with Crippen molar-refractivity contribution in [2.24, 2.45) is 0 Å². The average Bonchev–Trinajstić information content (AvgIpc) is 2.71. The van der Waals surface area contributed by atoms with E-state index in [9.17, 15) is 14.4 Å². The van der Waals surface area contributed by atoms with Gasteiger partial charge in [-0.25, -0.2) is 4.79 Å². The molecule has 1 aromatic rings. The number of ether oxygens (including phenoxy) is 3. The van der Waals surface area contributed by atoms with Crippen molar-refractivity contribution in [1.29, 1.82) is 0 Å². The number of nitrogens with zero attached hydrogens (tertiary/aromatic N) is 2. The first-order chi connectivity index (χ1) is 13.0. The van der Waals surface area contributed by atoms with Gasteiger partial charge in [0.2, 0.25) is 5.91 Å². The fraction of sp³-hybridized carbons (Fsp3) is 0.421. The molecule has 1 aromatic carbocycles. The number of hydrogen-bond acceptors (Lipinski definition) is 6. The summed E-state index contributed by atoms with van der Waals surface area (Å²) in [5, 5.41) is 0. The molecule has 0 aromatic heterocycles. The predicted octanol–water partition coefficient (Wildman–Crippen LogP) is 0.569. The maximum atomic E-state index is 12.1. The quantitative estimate of drug-likeness (QED) is 0.511. The van der Waals surface area contributed by atoms with Gasteiger partial charge in [-0.2, -0.15) is 0 Å². The van der Waals surface area contributed by atoms with Crippen LogP contribution in [0.4, 0.5) is 0 Å². The minimum atomic E-state index is -0.651.